The highest BCUT2D eigenvalue weighted by Gasteiger charge is 2.50. The maximum absolute atomic E-state index is 12.1. The molecule has 5 heteroatoms. The number of hydrogen-bond acceptors (Lipinski definition) is 3. The van der Waals surface area contributed by atoms with Crippen LogP contribution in [0.25, 0.3) is 0 Å². The lowest BCUT2D eigenvalue weighted by molar-refractivity contribution is -0.136. The SMILES string of the molecule is CNNC(=O)C1(c2cccc(Br)c2)CC(O)C1. The molecular formula is C12H15BrN2O2. The Morgan fingerprint density at radius 1 is 1.53 bits per heavy atom. The molecule has 0 aromatic heterocycles. The second-order valence-corrected chi connectivity index (χ2v) is 5.27. The highest BCUT2D eigenvalue weighted by Crippen LogP contribution is 2.44. The standard InChI is InChI=1S/C12H15BrN2O2/c1-14-15-11(17)12(6-10(16)7-12)8-3-2-4-9(13)5-8/h2-5,10,14,16H,6-7H2,1H3,(H,15,17). The summed E-state index contributed by atoms with van der Waals surface area (Å²) in [5.74, 6) is -0.0941. The number of carbonyl (C=O) groups is 1. The summed E-state index contributed by atoms with van der Waals surface area (Å²) in [6.07, 6.45) is 0.546. The molecule has 0 saturated heterocycles. The lowest BCUT2D eigenvalue weighted by Crippen LogP contribution is -2.57. The van der Waals surface area contributed by atoms with Gasteiger partial charge in [0.25, 0.3) is 0 Å². The molecule has 0 heterocycles. The molecule has 2 rings (SSSR count). The molecule has 17 heavy (non-hydrogen) atoms. The van der Waals surface area contributed by atoms with Crippen LogP contribution >= 0.6 is 15.9 Å². The molecule has 1 saturated carbocycles. The van der Waals surface area contributed by atoms with Gasteiger partial charge >= 0.3 is 0 Å². The molecule has 0 radical (unpaired) electrons. The number of benzene rings is 1. The average Bonchev–Trinajstić information content (AvgIpc) is 2.24. The van der Waals surface area contributed by atoms with Crippen molar-refractivity contribution in [2.45, 2.75) is 24.4 Å². The third-order valence-corrected chi connectivity index (χ3v) is 3.71. The molecule has 0 spiro atoms. The molecule has 0 aliphatic heterocycles. The monoisotopic (exact) mass is 298 g/mol. The van der Waals surface area contributed by atoms with Crippen LogP contribution in [0.3, 0.4) is 0 Å². The summed E-state index contributed by atoms with van der Waals surface area (Å²) in [5, 5.41) is 9.52. The predicted octanol–water partition coefficient (Wildman–Crippen LogP) is 1.09. The molecule has 0 bridgehead atoms. The summed E-state index contributed by atoms with van der Waals surface area (Å²) in [4.78, 5) is 12.1. The molecule has 1 aromatic rings. The number of carbonyl (C=O) groups excluding carboxylic acids is 1. The van der Waals surface area contributed by atoms with Crippen molar-refractivity contribution in [3.8, 4) is 0 Å². The molecule has 4 nitrogen and oxygen atoms in total. The van der Waals surface area contributed by atoms with Crippen LogP contribution in [0, 0.1) is 0 Å². The van der Waals surface area contributed by atoms with Crippen molar-refractivity contribution < 1.29 is 9.90 Å². The molecule has 1 fully saturated rings. The van der Waals surface area contributed by atoms with E-state index in [1.807, 2.05) is 24.3 Å². The minimum atomic E-state index is -0.605. The Morgan fingerprint density at radius 2 is 2.24 bits per heavy atom. The fourth-order valence-electron chi connectivity index (χ4n) is 2.32. The molecule has 1 aromatic carbocycles. The van der Waals surface area contributed by atoms with Gasteiger partial charge in [0, 0.05) is 11.5 Å². The first-order valence-corrected chi connectivity index (χ1v) is 6.29. The van der Waals surface area contributed by atoms with Gasteiger partial charge in [-0.15, -0.1) is 0 Å². The Balaban J connectivity index is 2.32. The number of aliphatic hydroxyl groups excluding tert-OH is 1. The molecular weight excluding hydrogens is 284 g/mol. The van der Waals surface area contributed by atoms with E-state index in [9.17, 15) is 9.90 Å². The zero-order valence-corrected chi connectivity index (χ0v) is 11.1. The van der Waals surface area contributed by atoms with Crippen LogP contribution in [0.5, 0.6) is 0 Å². The number of hydrogen-bond donors (Lipinski definition) is 3. The molecule has 3 N–H and O–H groups in total. The summed E-state index contributed by atoms with van der Waals surface area (Å²) >= 11 is 3.40. The first-order chi connectivity index (χ1) is 8.08. The van der Waals surface area contributed by atoms with Crippen molar-refractivity contribution in [1.29, 1.82) is 0 Å². The fraction of sp³-hybridized carbons (Fsp3) is 0.417. The van der Waals surface area contributed by atoms with Gasteiger partial charge in [0.05, 0.1) is 11.5 Å². The fourth-order valence-corrected chi connectivity index (χ4v) is 2.72. The van der Waals surface area contributed by atoms with Crippen molar-refractivity contribution >= 4 is 21.8 Å². The van der Waals surface area contributed by atoms with Crippen LogP contribution in [0.2, 0.25) is 0 Å². The van der Waals surface area contributed by atoms with Crippen LogP contribution in [-0.2, 0) is 10.2 Å². The highest BCUT2D eigenvalue weighted by atomic mass is 79.9. The lowest BCUT2D eigenvalue weighted by atomic mass is 9.62. The first-order valence-electron chi connectivity index (χ1n) is 5.50. The summed E-state index contributed by atoms with van der Waals surface area (Å²) in [6, 6.07) is 7.67. The van der Waals surface area contributed by atoms with E-state index in [0.29, 0.717) is 12.8 Å². The Hall–Kier alpha value is -0.910. The normalized spacial score (nSPS) is 27.4. The van der Waals surface area contributed by atoms with E-state index in [1.165, 1.54) is 0 Å². The van der Waals surface area contributed by atoms with Gasteiger partial charge in [0.1, 0.15) is 0 Å². The van der Waals surface area contributed by atoms with E-state index < -0.39 is 11.5 Å². The molecule has 1 aliphatic rings. The number of amides is 1. The van der Waals surface area contributed by atoms with Crippen molar-refractivity contribution in [2.24, 2.45) is 0 Å². The minimum absolute atomic E-state index is 0.0941. The molecule has 92 valence electrons. The largest absolute Gasteiger partial charge is 0.393 e. The quantitative estimate of drug-likeness (QED) is 0.732. The smallest absolute Gasteiger partial charge is 0.244 e. The predicted molar refractivity (Wildman–Crippen MR) is 68.3 cm³/mol. The molecule has 0 unspecified atom stereocenters. The highest BCUT2D eigenvalue weighted by molar-refractivity contribution is 9.10. The van der Waals surface area contributed by atoms with Crippen molar-refractivity contribution in [1.82, 2.24) is 10.9 Å². The Labute approximate surface area is 109 Å². The first kappa shape index (κ1) is 12.5. The third-order valence-electron chi connectivity index (χ3n) is 3.22. The zero-order valence-electron chi connectivity index (χ0n) is 9.53. The number of aliphatic hydroxyl groups is 1. The summed E-state index contributed by atoms with van der Waals surface area (Å²) in [5.41, 5.74) is 5.59. The van der Waals surface area contributed by atoms with Gasteiger partial charge in [-0.2, -0.15) is 0 Å². The maximum Gasteiger partial charge on any atom is 0.244 e. The van der Waals surface area contributed by atoms with E-state index in [-0.39, 0.29) is 5.91 Å². The van der Waals surface area contributed by atoms with Gasteiger partial charge in [-0.1, -0.05) is 28.1 Å². The van der Waals surface area contributed by atoms with Gasteiger partial charge in [-0.05, 0) is 30.5 Å². The van der Waals surface area contributed by atoms with Crippen LogP contribution in [0.4, 0.5) is 0 Å². The van der Waals surface area contributed by atoms with Crippen LogP contribution < -0.4 is 10.9 Å². The topological polar surface area (TPSA) is 61.4 Å². The summed E-state index contributed by atoms with van der Waals surface area (Å²) < 4.78 is 0.938. The van der Waals surface area contributed by atoms with E-state index in [0.717, 1.165) is 10.0 Å². The Morgan fingerprint density at radius 3 is 2.76 bits per heavy atom. The minimum Gasteiger partial charge on any atom is -0.393 e. The third kappa shape index (κ3) is 2.22. The average molecular weight is 299 g/mol. The zero-order chi connectivity index (χ0) is 12.5. The van der Waals surface area contributed by atoms with Gasteiger partial charge < -0.3 is 5.11 Å². The number of nitrogens with one attached hydrogen (secondary N) is 2. The number of rotatable bonds is 3. The van der Waals surface area contributed by atoms with Crippen LogP contribution in [0.1, 0.15) is 18.4 Å². The van der Waals surface area contributed by atoms with E-state index >= 15 is 0 Å². The lowest BCUT2D eigenvalue weighted by Gasteiger charge is -2.44. The van der Waals surface area contributed by atoms with Crippen molar-refractivity contribution in [2.75, 3.05) is 7.05 Å². The maximum atomic E-state index is 12.1. The molecule has 0 atom stereocenters. The number of halogens is 1. The Kier molecular flexibility index (Phi) is 3.51. The summed E-state index contributed by atoms with van der Waals surface area (Å²) in [7, 11) is 1.65. The Bertz CT molecular complexity index is 430. The van der Waals surface area contributed by atoms with Gasteiger partial charge in [0.2, 0.25) is 5.91 Å². The van der Waals surface area contributed by atoms with Gasteiger partial charge in [-0.25, -0.2) is 5.43 Å². The van der Waals surface area contributed by atoms with Crippen LogP contribution in [0.15, 0.2) is 28.7 Å². The molecule has 1 aliphatic carbocycles. The van der Waals surface area contributed by atoms with E-state index in [1.54, 1.807) is 7.05 Å². The van der Waals surface area contributed by atoms with E-state index in [2.05, 4.69) is 26.8 Å². The summed E-state index contributed by atoms with van der Waals surface area (Å²) in [6.45, 7) is 0. The second-order valence-electron chi connectivity index (χ2n) is 4.36. The van der Waals surface area contributed by atoms with Crippen LogP contribution in [-0.4, -0.2) is 24.2 Å². The molecule has 1 amide bonds. The van der Waals surface area contributed by atoms with E-state index in [4.69, 9.17) is 0 Å². The van der Waals surface area contributed by atoms with Gasteiger partial charge in [-0.3, -0.25) is 10.2 Å². The second kappa shape index (κ2) is 4.76. The van der Waals surface area contributed by atoms with Crippen molar-refractivity contribution in [3.05, 3.63) is 34.3 Å². The van der Waals surface area contributed by atoms with Gasteiger partial charge in [0.15, 0.2) is 0 Å². The van der Waals surface area contributed by atoms with Crippen molar-refractivity contribution in [3.63, 3.8) is 0 Å². The number of hydrazine groups is 1.